The minimum absolute atomic E-state index is 0.270. The molecule has 2 heterocycles. The van der Waals surface area contributed by atoms with Crippen molar-refractivity contribution in [1.82, 2.24) is 14.5 Å². The van der Waals surface area contributed by atoms with Gasteiger partial charge in [0.1, 0.15) is 23.7 Å². The van der Waals surface area contributed by atoms with Crippen molar-refractivity contribution < 1.29 is 39.8 Å². The number of thioether (sulfide) groups is 1. The number of aromatic nitrogens is 3. The lowest BCUT2D eigenvalue weighted by Gasteiger charge is -2.27. The Morgan fingerprint density at radius 2 is 1.82 bits per heavy atom. The van der Waals surface area contributed by atoms with E-state index >= 15 is 0 Å². The van der Waals surface area contributed by atoms with Gasteiger partial charge in [-0.25, -0.2) is 4.98 Å². The highest BCUT2D eigenvalue weighted by atomic mass is 35.5. The number of Topliss-reactive ketones (excluding diaryl/α,β-unsaturated/α-hetero) is 1. The number of halogens is 1. The van der Waals surface area contributed by atoms with Crippen molar-refractivity contribution in [2.75, 3.05) is 13.2 Å². The maximum absolute atomic E-state index is 13.1. The minimum Gasteiger partial charge on any atom is -0.490 e. The highest BCUT2D eigenvalue weighted by Crippen LogP contribution is 2.53. The Morgan fingerprint density at radius 3 is 2.54 bits per heavy atom. The van der Waals surface area contributed by atoms with Crippen LogP contribution in [0, 0.1) is 5.92 Å². The van der Waals surface area contributed by atoms with Crippen LogP contribution in [0.1, 0.15) is 59.3 Å². The highest BCUT2D eigenvalue weighted by Gasteiger charge is 2.48. The largest absolute Gasteiger partial charge is 0.490 e. The van der Waals surface area contributed by atoms with E-state index in [-0.39, 0.29) is 18.2 Å². The van der Waals surface area contributed by atoms with Crippen molar-refractivity contribution in [1.29, 1.82) is 0 Å². The summed E-state index contributed by atoms with van der Waals surface area (Å²) in [6.45, 7) is -1.05. The molecule has 0 aliphatic heterocycles. The Bertz CT molecular complexity index is 1800. The molecule has 0 amide bonds. The lowest BCUT2D eigenvalue weighted by atomic mass is 9.90. The van der Waals surface area contributed by atoms with Crippen molar-refractivity contribution in [3.63, 3.8) is 0 Å². The van der Waals surface area contributed by atoms with Crippen LogP contribution in [0.2, 0.25) is 5.02 Å². The number of carbonyl (C=O) groups is 1. The van der Waals surface area contributed by atoms with E-state index in [9.17, 15) is 25.2 Å². The van der Waals surface area contributed by atoms with Gasteiger partial charge in [0, 0.05) is 60.3 Å². The smallest absolute Gasteiger partial charge is 0.181 e. The maximum Gasteiger partial charge on any atom is 0.181 e. The minimum atomic E-state index is -1.71. The molecule has 2 aliphatic rings. The first-order valence-corrected chi connectivity index (χ1v) is 18.1. The number of rotatable bonds is 18. The third-order valence-electron chi connectivity index (χ3n) is 9.32. The molecule has 0 unspecified atom stereocenters. The molecule has 4 aromatic rings. The van der Waals surface area contributed by atoms with Crippen molar-refractivity contribution in [2.45, 2.75) is 79.6 Å². The highest BCUT2D eigenvalue weighted by molar-refractivity contribution is 7.98. The molecule has 0 spiro atoms. The number of ketones is 1. The Morgan fingerprint density at radius 1 is 1.04 bits per heavy atom. The van der Waals surface area contributed by atoms with Crippen LogP contribution < -0.4 is 4.74 Å². The lowest BCUT2D eigenvalue weighted by Crippen LogP contribution is -2.45. The molecule has 5 N–H and O–H groups in total. The summed E-state index contributed by atoms with van der Waals surface area (Å²) in [5.74, 6) is -0.0253. The summed E-state index contributed by atoms with van der Waals surface area (Å²) in [5.41, 5.74) is 4.77. The summed E-state index contributed by atoms with van der Waals surface area (Å²) in [7, 11) is 1.71. The predicted octanol–water partition coefficient (Wildman–Crippen LogP) is 4.43. The number of aliphatic hydroxyl groups excluding tert-OH is 5. The molecular weight excluding hydrogens is 682 g/mol. The van der Waals surface area contributed by atoms with E-state index in [2.05, 4.69) is 16.0 Å². The molecule has 13 heteroatoms. The van der Waals surface area contributed by atoms with Crippen LogP contribution in [0.15, 0.2) is 72.3 Å². The fraction of sp³-hybridized carbons (Fsp3) is 0.432. The Hall–Kier alpha value is -3.33. The van der Waals surface area contributed by atoms with Gasteiger partial charge in [0.2, 0.25) is 0 Å². The number of imidazole rings is 1. The molecular formula is C37H42ClN3O8S. The van der Waals surface area contributed by atoms with Gasteiger partial charge < -0.3 is 39.6 Å². The van der Waals surface area contributed by atoms with Crippen LogP contribution in [-0.4, -0.2) is 83.5 Å². The fourth-order valence-corrected chi connectivity index (χ4v) is 7.05. The van der Waals surface area contributed by atoms with E-state index in [0.29, 0.717) is 22.5 Å². The van der Waals surface area contributed by atoms with Gasteiger partial charge >= 0.3 is 0 Å². The van der Waals surface area contributed by atoms with E-state index in [1.807, 2.05) is 48.7 Å². The second-order valence-corrected chi connectivity index (χ2v) is 14.4. The average Bonchev–Trinajstić information content (AvgIpc) is 4.08. The summed E-state index contributed by atoms with van der Waals surface area (Å²) in [6, 6.07) is 16.0. The monoisotopic (exact) mass is 723 g/mol. The van der Waals surface area contributed by atoms with Crippen molar-refractivity contribution in [2.24, 2.45) is 13.0 Å². The summed E-state index contributed by atoms with van der Waals surface area (Å²) >= 11 is 8.08. The standard InChI is InChI=1S/C37H42ClN3O8S/c1-41-30(31(44)15-23(18-42)34(46)35(47)32(45)19-43)17-40-36(41)50-21-22-6-9-29(38)24(14-22)20-48-37(11-12-37)28-16-39-13-10-26(28)27-4-2-3-5-33(27)49-25-7-8-25/h2-6,9-10,13-14,16-17,23,25,32,34-35,42-43,45-47H,7-8,11-12,15,18-21H2,1H3/t23-,32+,34+,35+/m0/s1. The van der Waals surface area contributed by atoms with Gasteiger partial charge in [0.05, 0.1) is 37.2 Å². The molecule has 2 fully saturated rings. The average molecular weight is 724 g/mol. The van der Waals surface area contributed by atoms with Gasteiger partial charge in [-0.05, 0) is 60.6 Å². The number of ether oxygens (including phenoxy) is 2. The molecule has 0 bridgehead atoms. The van der Waals surface area contributed by atoms with E-state index in [1.165, 1.54) is 18.0 Å². The van der Waals surface area contributed by atoms with E-state index in [1.54, 1.807) is 17.8 Å². The number of hydrogen-bond acceptors (Lipinski definition) is 11. The number of hydrogen-bond donors (Lipinski definition) is 5. The first-order valence-electron chi connectivity index (χ1n) is 16.7. The second kappa shape index (κ2) is 15.9. The molecule has 2 aromatic carbocycles. The summed E-state index contributed by atoms with van der Waals surface area (Å²) in [4.78, 5) is 21.9. The summed E-state index contributed by atoms with van der Waals surface area (Å²) in [6.07, 6.45) is 4.09. The number of pyridine rings is 1. The van der Waals surface area contributed by atoms with Gasteiger partial charge in [-0.3, -0.25) is 9.78 Å². The topological polar surface area (TPSA) is 167 Å². The van der Waals surface area contributed by atoms with Crippen molar-refractivity contribution in [3.8, 4) is 16.9 Å². The van der Waals surface area contributed by atoms with Gasteiger partial charge in [-0.1, -0.05) is 53.7 Å². The molecule has 2 aromatic heterocycles. The third kappa shape index (κ3) is 8.24. The Labute approximate surface area is 299 Å². The Kier molecular flexibility index (Phi) is 11.6. The van der Waals surface area contributed by atoms with Gasteiger partial charge in [0.25, 0.3) is 0 Å². The fourth-order valence-electron chi connectivity index (χ4n) is 5.98. The molecule has 11 nitrogen and oxygen atoms in total. The zero-order chi connectivity index (χ0) is 35.4. The van der Waals surface area contributed by atoms with Crippen LogP contribution in [0.25, 0.3) is 11.1 Å². The number of benzene rings is 2. The summed E-state index contributed by atoms with van der Waals surface area (Å²) < 4.78 is 14.5. The van der Waals surface area contributed by atoms with E-state index in [4.69, 9.17) is 26.2 Å². The van der Waals surface area contributed by atoms with Crippen molar-refractivity contribution >= 4 is 29.1 Å². The van der Waals surface area contributed by atoms with Crippen LogP contribution in [0.3, 0.4) is 0 Å². The lowest BCUT2D eigenvalue weighted by molar-refractivity contribution is -0.100. The van der Waals surface area contributed by atoms with Crippen LogP contribution >= 0.6 is 23.4 Å². The molecule has 6 rings (SSSR count). The first-order chi connectivity index (χ1) is 24.1. The van der Waals surface area contributed by atoms with Gasteiger partial charge in [-0.15, -0.1) is 0 Å². The molecule has 50 heavy (non-hydrogen) atoms. The van der Waals surface area contributed by atoms with Crippen molar-refractivity contribution in [3.05, 3.63) is 94.5 Å². The zero-order valence-corrected chi connectivity index (χ0v) is 29.3. The molecule has 2 saturated carbocycles. The molecule has 266 valence electrons. The molecule has 2 aliphatic carbocycles. The summed E-state index contributed by atoms with van der Waals surface area (Å²) in [5, 5.41) is 50.1. The number of para-hydroxylation sites is 1. The van der Waals surface area contributed by atoms with Crippen LogP contribution in [-0.2, 0) is 29.7 Å². The third-order valence-corrected chi connectivity index (χ3v) is 10.8. The van der Waals surface area contributed by atoms with Gasteiger partial charge in [-0.2, -0.15) is 0 Å². The molecule has 4 atom stereocenters. The Balaban J connectivity index is 1.10. The molecule has 0 saturated heterocycles. The van der Waals surface area contributed by atoms with Crippen LogP contribution in [0.4, 0.5) is 0 Å². The number of carbonyl (C=O) groups excluding carboxylic acids is 1. The van der Waals surface area contributed by atoms with E-state index < -0.39 is 48.8 Å². The van der Waals surface area contributed by atoms with E-state index in [0.717, 1.165) is 59.3 Å². The number of nitrogens with zero attached hydrogens (tertiary/aromatic N) is 3. The van der Waals surface area contributed by atoms with Crippen LogP contribution in [0.5, 0.6) is 5.75 Å². The zero-order valence-electron chi connectivity index (χ0n) is 27.7. The SMILES string of the molecule is Cn1c(C(=O)C[C@@H](CO)[C@@H](O)[C@H](O)[C@H](O)CO)cnc1SCc1ccc(Cl)c(COC2(c3cnccc3-c3ccccc3OC3CC3)CC2)c1. The number of aliphatic hydroxyl groups is 5. The quantitative estimate of drug-likeness (QED) is 0.0728. The normalized spacial score (nSPS) is 17.6. The van der Waals surface area contributed by atoms with Gasteiger partial charge in [0.15, 0.2) is 10.9 Å². The predicted molar refractivity (Wildman–Crippen MR) is 188 cm³/mol. The maximum atomic E-state index is 13.1. The second-order valence-electron chi connectivity index (χ2n) is 13.0. The first kappa shape index (κ1) is 36.5. The molecule has 0 radical (unpaired) electrons.